The number of carbonyl (C=O) groups excluding carboxylic acids is 1. The molecule has 0 fully saturated rings. The highest BCUT2D eigenvalue weighted by Crippen LogP contribution is 2.05. The van der Waals surface area contributed by atoms with Crippen LogP contribution in [0.15, 0.2) is 24.3 Å². The average molecular weight is 273 g/mol. The molecule has 5 heteroatoms. The predicted molar refractivity (Wildman–Crippen MR) is 75.3 cm³/mol. The number of rotatable bonds is 7. The van der Waals surface area contributed by atoms with E-state index in [0.29, 0.717) is 18.7 Å². The van der Waals surface area contributed by atoms with Crippen LogP contribution in [0, 0.1) is 0 Å². The number of hydrogen-bond donors (Lipinski definition) is 2. The summed E-state index contributed by atoms with van der Waals surface area (Å²) in [6.07, 6.45) is 0.935. The monoisotopic (exact) mass is 272 g/mol. The van der Waals surface area contributed by atoms with Gasteiger partial charge in [0.1, 0.15) is 0 Å². The number of methoxy groups -OCH3 is 1. The molecule has 0 saturated heterocycles. The SMILES string of the molecule is CNCCCNC(=O)c1ccc(COC)cc1.Cl. The van der Waals surface area contributed by atoms with Gasteiger partial charge in [-0.05, 0) is 37.7 Å². The van der Waals surface area contributed by atoms with Crippen LogP contribution < -0.4 is 10.6 Å². The molecule has 1 aromatic carbocycles. The lowest BCUT2D eigenvalue weighted by Crippen LogP contribution is -2.26. The van der Waals surface area contributed by atoms with Crippen molar-refractivity contribution in [3.05, 3.63) is 35.4 Å². The fraction of sp³-hybridized carbons (Fsp3) is 0.462. The molecule has 0 radical (unpaired) electrons. The van der Waals surface area contributed by atoms with Gasteiger partial charge in [-0.3, -0.25) is 4.79 Å². The minimum Gasteiger partial charge on any atom is -0.380 e. The molecule has 1 amide bonds. The van der Waals surface area contributed by atoms with Crippen molar-refractivity contribution in [3.8, 4) is 0 Å². The first kappa shape index (κ1) is 16.9. The van der Waals surface area contributed by atoms with Gasteiger partial charge in [-0.15, -0.1) is 12.4 Å². The molecule has 0 aliphatic heterocycles. The van der Waals surface area contributed by atoms with Gasteiger partial charge in [0.15, 0.2) is 0 Å². The third-order valence-electron chi connectivity index (χ3n) is 2.42. The summed E-state index contributed by atoms with van der Waals surface area (Å²) in [5.74, 6) is -0.0231. The van der Waals surface area contributed by atoms with E-state index in [2.05, 4.69) is 10.6 Å². The molecule has 0 heterocycles. The third-order valence-corrected chi connectivity index (χ3v) is 2.42. The summed E-state index contributed by atoms with van der Waals surface area (Å²) in [5, 5.41) is 5.91. The van der Waals surface area contributed by atoms with Crippen molar-refractivity contribution in [1.82, 2.24) is 10.6 Å². The van der Waals surface area contributed by atoms with Crippen LogP contribution >= 0.6 is 12.4 Å². The second-order valence-electron chi connectivity index (χ2n) is 3.84. The van der Waals surface area contributed by atoms with E-state index in [-0.39, 0.29) is 18.3 Å². The quantitative estimate of drug-likeness (QED) is 0.741. The second kappa shape index (κ2) is 9.88. The van der Waals surface area contributed by atoms with Crippen molar-refractivity contribution >= 4 is 18.3 Å². The van der Waals surface area contributed by atoms with Crippen LogP contribution in [0.1, 0.15) is 22.3 Å². The van der Waals surface area contributed by atoms with Crippen LogP contribution in [0.25, 0.3) is 0 Å². The fourth-order valence-electron chi connectivity index (χ4n) is 1.49. The van der Waals surface area contributed by atoms with E-state index >= 15 is 0 Å². The number of ether oxygens (including phenoxy) is 1. The van der Waals surface area contributed by atoms with Crippen LogP contribution in [0.2, 0.25) is 0 Å². The third kappa shape index (κ3) is 6.00. The summed E-state index contributed by atoms with van der Waals surface area (Å²) >= 11 is 0. The molecule has 1 rings (SSSR count). The minimum atomic E-state index is -0.0231. The Morgan fingerprint density at radius 1 is 1.22 bits per heavy atom. The predicted octanol–water partition coefficient (Wildman–Crippen LogP) is 1.59. The highest BCUT2D eigenvalue weighted by molar-refractivity contribution is 5.94. The van der Waals surface area contributed by atoms with E-state index in [1.807, 2.05) is 31.3 Å². The zero-order valence-corrected chi connectivity index (χ0v) is 11.7. The molecular formula is C13H21ClN2O2. The van der Waals surface area contributed by atoms with E-state index in [1.165, 1.54) is 0 Å². The Hall–Kier alpha value is -1.10. The van der Waals surface area contributed by atoms with Crippen LogP contribution in [0.5, 0.6) is 0 Å². The molecule has 4 nitrogen and oxygen atoms in total. The summed E-state index contributed by atoms with van der Waals surface area (Å²) in [7, 11) is 3.55. The molecule has 2 N–H and O–H groups in total. The zero-order chi connectivity index (χ0) is 12.5. The first-order chi connectivity index (χ1) is 8.27. The van der Waals surface area contributed by atoms with Crippen molar-refractivity contribution in [1.29, 1.82) is 0 Å². The molecule has 1 aromatic rings. The van der Waals surface area contributed by atoms with Crippen molar-refractivity contribution in [2.45, 2.75) is 13.0 Å². The number of carbonyl (C=O) groups is 1. The number of hydrogen-bond acceptors (Lipinski definition) is 3. The lowest BCUT2D eigenvalue weighted by Gasteiger charge is -2.06. The first-order valence-corrected chi connectivity index (χ1v) is 5.78. The Labute approximate surface area is 115 Å². The summed E-state index contributed by atoms with van der Waals surface area (Å²) in [5.41, 5.74) is 1.76. The smallest absolute Gasteiger partial charge is 0.251 e. The maximum absolute atomic E-state index is 11.7. The van der Waals surface area contributed by atoms with Gasteiger partial charge in [-0.2, -0.15) is 0 Å². The zero-order valence-electron chi connectivity index (χ0n) is 10.9. The Kier molecular flexibility index (Phi) is 9.28. The molecule has 0 aliphatic carbocycles. The summed E-state index contributed by atoms with van der Waals surface area (Å²) in [6.45, 7) is 2.18. The van der Waals surface area contributed by atoms with E-state index in [0.717, 1.165) is 18.5 Å². The van der Waals surface area contributed by atoms with Gasteiger partial charge in [0.05, 0.1) is 6.61 Å². The Bertz CT molecular complexity index is 341. The van der Waals surface area contributed by atoms with E-state index < -0.39 is 0 Å². The van der Waals surface area contributed by atoms with E-state index in [9.17, 15) is 4.79 Å². The Balaban J connectivity index is 0.00000289. The molecule has 18 heavy (non-hydrogen) atoms. The number of nitrogens with one attached hydrogen (secondary N) is 2. The van der Waals surface area contributed by atoms with Crippen molar-refractivity contribution in [3.63, 3.8) is 0 Å². The summed E-state index contributed by atoms with van der Waals surface area (Å²) in [4.78, 5) is 11.7. The van der Waals surface area contributed by atoms with Gasteiger partial charge in [0, 0.05) is 19.2 Å². The maximum atomic E-state index is 11.7. The molecule has 0 saturated carbocycles. The summed E-state index contributed by atoms with van der Waals surface area (Å²) < 4.78 is 5.01. The molecule has 0 spiro atoms. The highest BCUT2D eigenvalue weighted by Gasteiger charge is 2.03. The Morgan fingerprint density at radius 3 is 2.44 bits per heavy atom. The number of halogens is 1. The van der Waals surface area contributed by atoms with Crippen molar-refractivity contribution < 1.29 is 9.53 Å². The molecule has 0 unspecified atom stereocenters. The largest absolute Gasteiger partial charge is 0.380 e. The van der Waals surface area contributed by atoms with Gasteiger partial charge in [0.25, 0.3) is 5.91 Å². The number of benzene rings is 1. The van der Waals surface area contributed by atoms with Crippen molar-refractivity contribution in [2.24, 2.45) is 0 Å². The highest BCUT2D eigenvalue weighted by atomic mass is 35.5. The normalized spacial score (nSPS) is 9.67. The lowest BCUT2D eigenvalue weighted by molar-refractivity contribution is 0.0953. The standard InChI is InChI=1S/C13H20N2O2.ClH/c1-14-8-3-9-15-13(16)12-6-4-11(5-7-12)10-17-2;/h4-7,14H,3,8-10H2,1-2H3,(H,15,16);1H. The van der Waals surface area contributed by atoms with E-state index in [4.69, 9.17) is 4.74 Å². The molecule has 0 aromatic heterocycles. The maximum Gasteiger partial charge on any atom is 0.251 e. The van der Waals surface area contributed by atoms with E-state index in [1.54, 1.807) is 7.11 Å². The van der Waals surface area contributed by atoms with Crippen LogP contribution in [0.4, 0.5) is 0 Å². The van der Waals surface area contributed by atoms with Gasteiger partial charge < -0.3 is 15.4 Å². The average Bonchev–Trinajstić information content (AvgIpc) is 2.36. The van der Waals surface area contributed by atoms with Gasteiger partial charge in [-0.25, -0.2) is 0 Å². The van der Waals surface area contributed by atoms with Crippen molar-refractivity contribution in [2.75, 3.05) is 27.2 Å². The fourth-order valence-corrected chi connectivity index (χ4v) is 1.49. The van der Waals surface area contributed by atoms with Crippen LogP contribution in [-0.2, 0) is 11.3 Å². The van der Waals surface area contributed by atoms with Crippen LogP contribution in [0.3, 0.4) is 0 Å². The Morgan fingerprint density at radius 2 is 1.89 bits per heavy atom. The first-order valence-electron chi connectivity index (χ1n) is 5.78. The van der Waals surface area contributed by atoms with Crippen LogP contribution in [-0.4, -0.2) is 33.2 Å². The topological polar surface area (TPSA) is 50.4 Å². The minimum absolute atomic E-state index is 0. The summed E-state index contributed by atoms with van der Waals surface area (Å²) in [6, 6.07) is 7.46. The molecule has 0 bridgehead atoms. The second-order valence-corrected chi connectivity index (χ2v) is 3.84. The lowest BCUT2D eigenvalue weighted by atomic mass is 10.1. The molecule has 0 aliphatic rings. The molecule has 102 valence electrons. The van der Waals surface area contributed by atoms with Gasteiger partial charge >= 0.3 is 0 Å². The van der Waals surface area contributed by atoms with Gasteiger partial charge in [-0.1, -0.05) is 12.1 Å². The van der Waals surface area contributed by atoms with Gasteiger partial charge in [0.2, 0.25) is 0 Å². The molecule has 0 atom stereocenters. The number of amides is 1. The molecular weight excluding hydrogens is 252 g/mol.